The quantitative estimate of drug-likeness (QED) is 0.497. The molecule has 0 spiro atoms. The Balaban J connectivity index is 1.54. The highest BCUT2D eigenvalue weighted by Gasteiger charge is 2.17. The molecule has 0 aliphatic carbocycles. The van der Waals surface area contributed by atoms with Gasteiger partial charge in [0.25, 0.3) is 5.91 Å². The Morgan fingerprint density at radius 1 is 1.03 bits per heavy atom. The molecule has 0 radical (unpaired) electrons. The van der Waals surface area contributed by atoms with Gasteiger partial charge in [0.2, 0.25) is 5.89 Å². The lowest BCUT2D eigenvalue weighted by molar-refractivity contribution is 0.0951. The molecule has 2 heterocycles. The number of carbonyl (C=O) groups excluding carboxylic acids is 1. The fraction of sp³-hybridized carbons (Fsp3) is 0.160. The zero-order valence-corrected chi connectivity index (χ0v) is 17.8. The highest BCUT2D eigenvalue weighted by atomic mass is 16.4. The van der Waals surface area contributed by atoms with Gasteiger partial charge in [-0.15, -0.1) is 0 Å². The van der Waals surface area contributed by atoms with Crippen LogP contribution in [0, 0.1) is 6.92 Å². The maximum atomic E-state index is 12.9. The fourth-order valence-corrected chi connectivity index (χ4v) is 3.21. The minimum absolute atomic E-state index is 0.186. The summed E-state index contributed by atoms with van der Waals surface area (Å²) in [5.74, 6) is 1.74. The van der Waals surface area contributed by atoms with Crippen molar-refractivity contribution in [3.8, 4) is 22.8 Å². The number of benzene rings is 2. The van der Waals surface area contributed by atoms with Crippen LogP contribution in [0.4, 0.5) is 5.82 Å². The van der Waals surface area contributed by atoms with Crippen LogP contribution in [0.2, 0.25) is 0 Å². The number of aryl methyl sites for hydroxylation is 1. The second kappa shape index (κ2) is 8.83. The Bertz CT molecular complexity index is 1200. The van der Waals surface area contributed by atoms with E-state index in [1.807, 2.05) is 80.5 Å². The van der Waals surface area contributed by atoms with Gasteiger partial charge in [0, 0.05) is 38.0 Å². The number of hydrogen-bond donors (Lipinski definition) is 1. The average molecular weight is 412 g/mol. The van der Waals surface area contributed by atoms with E-state index in [-0.39, 0.29) is 5.91 Å². The number of pyridine rings is 1. The lowest BCUT2D eigenvalue weighted by Gasteiger charge is -2.13. The van der Waals surface area contributed by atoms with Crippen LogP contribution in [0.5, 0.6) is 0 Å². The van der Waals surface area contributed by atoms with Gasteiger partial charge in [-0.25, -0.2) is 9.97 Å². The van der Waals surface area contributed by atoms with E-state index in [1.54, 1.807) is 18.5 Å². The van der Waals surface area contributed by atoms with E-state index in [4.69, 9.17) is 4.42 Å². The van der Waals surface area contributed by atoms with Crippen molar-refractivity contribution in [3.63, 3.8) is 0 Å². The molecular weight excluding hydrogens is 388 g/mol. The third-order valence-electron chi connectivity index (χ3n) is 4.97. The molecule has 0 bridgehead atoms. The molecule has 0 aliphatic heterocycles. The maximum absolute atomic E-state index is 12.9. The smallest absolute Gasteiger partial charge is 0.252 e. The van der Waals surface area contributed by atoms with Gasteiger partial charge in [-0.1, -0.05) is 42.0 Å². The summed E-state index contributed by atoms with van der Waals surface area (Å²) in [5, 5.41) is 2.98. The number of carbonyl (C=O) groups is 1. The number of rotatable bonds is 6. The van der Waals surface area contributed by atoms with Crippen LogP contribution in [0.25, 0.3) is 22.8 Å². The van der Waals surface area contributed by atoms with E-state index < -0.39 is 0 Å². The summed E-state index contributed by atoms with van der Waals surface area (Å²) in [4.78, 5) is 23.6. The zero-order chi connectivity index (χ0) is 21.8. The molecule has 31 heavy (non-hydrogen) atoms. The molecule has 6 nitrogen and oxygen atoms in total. The summed E-state index contributed by atoms with van der Waals surface area (Å²) >= 11 is 0. The third-order valence-corrected chi connectivity index (χ3v) is 4.97. The van der Waals surface area contributed by atoms with Gasteiger partial charge < -0.3 is 14.6 Å². The number of amides is 1. The molecule has 1 N–H and O–H groups in total. The monoisotopic (exact) mass is 412 g/mol. The number of nitrogens with zero attached hydrogens (tertiary/aromatic N) is 3. The molecule has 2 aromatic carbocycles. The number of anilines is 1. The van der Waals surface area contributed by atoms with E-state index in [1.165, 1.54) is 5.56 Å². The minimum Gasteiger partial charge on any atom is -0.436 e. The first kappa shape index (κ1) is 20.3. The summed E-state index contributed by atoms with van der Waals surface area (Å²) in [7, 11) is 3.87. The van der Waals surface area contributed by atoms with Crippen molar-refractivity contribution < 1.29 is 9.21 Å². The number of aromatic nitrogens is 2. The Morgan fingerprint density at radius 2 is 1.81 bits per heavy atom. The van der Waals surface area contributed by atoms with Crippen molar-refractivity contribution in [3.05, 3.63) is 89.7 Å². The van der Waals surface area contributed by atoms with Crippen LogP contribution in [-0.2, 0) is 6.54 Å². The number of oxazole rings is 1. The molecule has 6 heteroatoms. The third kappa shape index (κ3) is 4.64. The van der Waals surface area contributed by atoms with Crippen LogP contribution in [-0.4, -0.2) is 30.0 Å². The molecule has 0 atom stereocenters. The second-order valence-electron chi connectivity index (χ2n) is 7.54. The van der Waals surface area contributed by atoms with Crippen LogP contribution in [0.3, 0.4) is 0 Å². The van der Waals surface area contributed by atoms with Gasteiger partial charge in [0.15, 0.2) is 5.76 Å². The van der Waals surface area contributed by atoms with Crippen LogP contribution >= 0.6 is 0 Å². The standard InChI is InChI=1S/C25H24N4O2/c1-17-8-10-19(11-9-17)22-16-28-25(31-22)21-7-5-4-6-20(21)24(30)27-15-18-12-13-26-23(14-18)29(2)3/h4-14,16H,15H2,1-3H3,(H,27,30). The van der Waals surface area contributed by atoms with Crippen molar-refractivity contribution in [1.82, 2.24) is 15.3 Å². The first-order valence-corrected chi connectivity index (χ1v) is 10.0. The van der Waals surface area contributed by atoms with E-state index in [2.05, 4.69) is 15.3 Å². The van der Waals surface area contributed by atoms with Crippen molar-refractivity contribution in [1.29, 1.82) is 0 Å². The molecule has 156 valence electrons. The van der Waals surface area contributed by atoms with Gasteiger partial charge in [0.05, 0.1) is 11.8 Å². The predicted octanol–water partition coefficient (Wildman–Crippen LogP) is 4.71. The van der Waals surface area contributed by atoms with Gasteiger partial charge in [-0.05, 0) is 36.8 Å². The van der Waals surface area contributed by atoms with Crippen LogP contribution in [0.1, 0.15) is 21.5 Å². The van der Waals surface area contributed by atoms with Crippen molar-refractivity contribution in [2.45, 2.75) is 13.5 Å². The van der Waals surface area contributed by atoms with Crippen LogP contribution < -0.4 is 10.2 Å². The summed E-state index contributed by atoms with van der Waals surface area (Å²) in [6.07, 6.45) is 3.43. The van der Waals surface area contributed by atoms with Gasteiger partial charge in [-0.3, -0.25) is 4.79 Å². The van der Waals surface area contributed by atoms with E-state index in [0.717, 1.165) is 16.9 Å². The molecule has 4 aromatic rings. The lowest BCUT2D eigenvalue weighted by atomic mass is 10.1. The average Bonchev–Trinajstić information content (AvgIpc) is 3.28. The highest BCUT2D eigenvalue weighted by molar-refractivity contribution is 6.00. The molecule has 0 saturated heterocycles. The van der Waals surface area contributed by atoms with E-state index >= 15 is 0 Å². The first-order chi connectivity index (χ1) is 15.0. The molecule has 4 rings (SSSR count). The topological polar surface area (TPSA) is 71.3 Å². The Morgan fingerprint density at radius 3 is 2.58 bits per heavy atom. The molecule has 0 unspecified atom stereocenters. The van der Waals surface area contributed by atoms with E-state index in [0.29, 0.717) is 29.3 Å². The van der Waals surface area contributed by atoms with Gasteiger partial charge >= 0.3 is 0 Å². The van der Waals surface area contributed by atoms with Crippen molar-refractivity contribution in [2.24, 2.45) is 0 Å². The largest absolute Gasteiger partial charge is 0.436 e. The second-order valence-corrected chi connectivity index (χ2v) is 7.54. The van der Waals surface area contributed by atoms with Crippen LogP contribution in [0.15, 0.2) is 77.5 Å². The lowest BCUT2D eigenvalue weighted by Crippen LogP contribution is -2.23. The van der Waals surface area contributed by atoms with E-state index in [9.17, 15) is 4.79 Å². The van der Waals surface area contributed by atoms with Crippen molar-refractivity contribution >= 4 is 11.7 Å². The molecule has 0 saturated carbocycles. The molecule has 0 fully saturated rings. The summed E-state index contributed by atoms with van der Waals surface area (Å²) in [5.41, 5.74) is 4.27. The minimum atomic E-state index is -0.186. The summed E-state index contributed by atoms with van der Waals surface area (Å²) in [6.45, 7) is 2.44. The summed E-state index contributed by atoms with van der Waals surface area (Å²) in [6, 6.07) is 19.2. The molecular formula is C25H24N4O2. The Hall–Kier alpha value is -3.93. The zero-order valence-electron chi connectivity index (χ0n) is 17.8. The number of nitrogens with one attached hydrogen (secondary N) is 1. The molecule has 0 aliphatic rings. The molecule has 2 aromatic heterocycles. The van der Waals surface area contributed by atoms with Gasteiger partial charge in [0.1, 0.15) is 5.82 Å². The van der Waals surface area contributed by atoms with Gasteiger partial charge in [-0.2, -0.15) is 0 Å². The Kier molecular flexibility index (Phi) is 5.80. The SMILES string of the molecule is Cc1ccc(-c2cnc(-c3ccccc3C(=O)NCc3ccnc(N(C)C)c3)o2)cc1. The Labute approximate surface area is 181 Å². The fourth-order valence-electron chi connectivity index (χ4n) is 3.21. The normalized spacial score (nSPS) is 10.7. The highest BCUT2D eigenvalue weighted by Crippen LogP contribution is 2.28. The summed E-state index contributed by atoms with van der Waals surface area (Å²) < 4.78 is 5.99. The van der Waals surface area contributed by atoms with Crippen molar-refractivity contribution in [2.75, 3.05) is 19.0 Å². The molecule has 1 amide bonds. The first-order valence-electron chi connectivity index (χ1n) is 10.0. The predicted molar refractivity (Wildman–Crippen MR) is 122 cm³/mol. The maximum Gasteiger partial charge on any atom is 0.252 e. The number of hydrogen-bond acceptors (Lipinski definition) is 5.